The summed E-state index contributed by atoms with van der Waals surface area (Å²) in [6, 6.07) is 27.4. The zero-order chi connectivity index (χ0) is 39.6. The van der Waals surface area contributed by atoms with Crippen LogP contribution in [0, 0.1) is 0 Å². The number of fused-ring (bicyclic) bond motifs is 2. The Bertz CT molecular complexity index is 2600. The Labute approximate surface area is 342 Å². The maximum Gasteiger partial charge on any atom is 0.339 e. The van der Waals surface area contributed by atoms with E-state index in [1.165, 1.54) is 72.8 Å². The molecule has 4 heterocycles. The molecule has 0 amide bonds. The van der Waals surface area contributed by atoms with Crippen molar-refractivity contribution >= 4 is 49.7 Å². The molecule has 0 aliphatic heterocycles. The lowest BCUT2D eigenvalue weighted by Crippen LogP contribution is -2.09. The van der Waals surface area contributed by atoms with Gasteiger partial charge in [-0.15, -0.1) is 0 Å². The Morgan fingerprint density at radius 1 is 0.667 bits per heavy atom. The van der Waals surface area contributed by atoms with Gasteiger partial charge in [0.1, 0.15) is 0 Å². The number of methoxy groups -OCH3 is 2. The number of carbonyl (C=O) groups excluding carboxylic acids is 2. The number of rotatable bonds is 11. The number of aromatic nitrogens is 4. The Morgan fingerprint density at radius 3 is 1.65 bits per heavy atom. The van der Waals surface area contributed by atoms with E-state index in [1.807, 2.05) is 30.6 Å². The normalized spacial score (nSPS) is 13.7. The number of halogens is 1. The topological polar surface area (TPSA) is 88.2 Å². The van der Waals surface area contributed by atoms with Crippen molar-refractivity contribution in [2.45, 2.75) is 77.3 Å². The van der Waals surface area contributed by atoms with Gasteiger partial charge in [0.25, 0.3) is 0 Å². The first-order valence-electron chi connectivity index (χ1n) is 19.9. The van der Waals surface area contributed by atoms with E-state index in [9.17, 15) is 9.59 Å². The van der Waals surface area contributed by atoms with Crippen LogP contribution in [0.25, 0.3) is 32.9 Å². The number of benzene rings is 3. The molecule has 0 spiro atoms. The van der Waals surface area contributed by atoms with Gasteiger partial charge in [-0.05, 0) is 132 Å². The Morgan fingerprint density at radius 2 is 1.16 bits per heavy atom. The number of ether oxygens (including phenoxy) is 2. The van der Waals surface area contributed by atoms with Crippen LogP contribution in [0.3, 0.4) is 0 Å². The maximum atomic E-state index is 12.4. The van der Waals surface area contributed by atoms with Gasteiger partial charge < -0.3 is 18.6 Å². The zero-order valence-corrected chi connectivity index (χ0v) is 34.5. The summed E-state index contributed by atoms with van der Waals surface area (Å²) in [5.41, 5.74) is 12.1. The van der Waals surface area contributed by atoms with Gasteiger partial charge >= 0.3 is 11.9 Å². The fourth-order valence-electron chi connectivity index (χ4n) is 7.78. The van der Waals surface area contributed by atoms with E-state index in [0.717, 1.165) is 51.2 Å². The minimum absolute atomic E-state index is 0.311. The van der Waals surface area contributed by atoms with Crippen molar-refractivity contribution in [1.82, 2.24) is 19.1 Å². The van der Waals surface area contributed by atoms with Crippen molar-refractivity contribution in [2.75, 3.05) is 14.2 Å². The van der Waals surface area contributed by atoms with Gasteiger partial charge in [0.05, 0.1) is 36.7 Å². The first kappa shape index (κ1) is 38.3. The number of carbonyl (C=O) groups is 2. The van der Waals surface area contributed by atoms with Crippen LogP contribution in [0.2, 0.25) is 0 Å². The summed E-state index contributed by atoms with van der Waals surface area (Å²) in [5, 5.41) is 2.40. The van der Waals surface area contributed by atoms with Crippen LogP contribution in [-0.2, 0) is 35.4 Å². The molecule has 0 radical (unpaired) electrons. The van der Waals surface area contributed by atoms with Gasteiger partial charge in [-0.25, -0.2) is 9.59 Å². The molecule has 4 aromatic heterocycles. The summed E-state index contributed by atoms with van der Waals surface area (Å²) < 4.78 is 15.6. The fourth-order valence-corrected chi connectivity index (χ4v) is 8.34. The summed E-state index contributed by atoms with van der Waals surface area (Å²) in [6.07, 6.45) is 14.1. The highest BCUT2D eigenvalue weighted by Crippen LogP contribution is 2.41. The molecule has 0 unspecified atom stereocenters. The average molecular weight is 824 g/mol. The van der Waals surface area contributed by atoms with Crippen LogP contribution in [0.1, 0.15) is 106 Å². The Kier molecular flexibility index (Phi) is 11.1. The minimum Gasteiger partial charge on any atom is -0.465 e. The second-order valence-corrected chi connectivity index (χ2v) is 15.9. The summed E-state index contributed by atoms with van der Waals surface area (Å²) in [6.45, 7) is 6.14. The van der Waals surface area contributed by atoms with Crippen LogP contribution >= 0.6 is 15.9 Å². The van der Waals surface area contributed by atoms with E-state index in [1.54, 1.807) is 0 Å². The van der Waals surface area contributed by atoms with E-state index in [4.69, 9.17) is 9.47 Å². The molecule has 2 fully saturated rings. The second kappa shape index (κ2) is 16.5. The van der Waals surface area contributed by atoms with E-state index in [-0.39, 0.29) is 11.9 Å². The SMILES string of the molecule is CCn1cc(-c2ccccc2)c2cc(Cc3ncc(C4CC4)cc3C(=O)OC)ccc21.CCn1cc(Br)c2cc(Cc3ncc(C4CC4)cc3C(=O)OC)ccc21. The lowest BCUT2D eigenvalue weighted by atomic mass is 9.99. The van der Waals surface area contributed by atoms with Crippen molar-refractivity contribution in [3.63, 3.8) is 0 Å². The monoisotopic (exact) mass is 822 g/mol. The first-order valence-corrected chi connectivity index (χ1v) is 20.7. The van der Waals surface area contributed by atoms with E-state index >= 15 is 0 Å². The molecule has 57 heavy (non-hydrogen) atoms. The van der Waals surface area contributed by atoms with Crippen molar-refractivity contribution in [1.29, 1.82) is 0 Å². The molecular formula is C48H47BrN4O4. The molecular weight excluding hydrogens is 776 g/mol. The van der Waals surface area contributed by atoms with Crippen molar-refractivity contribution < 1.29 is 19.1 Å². The molecule has 2 aliphatic carbocycles. The molecule has 2 saturated carbocycles. The van der Waals surface area contributed by atoms with Crippen molar-refractivity contribution in [3.05, 3.63) is 153 Å². The highest BCUT2D eigenvalue weighted by atomic mass is 79.9. The van der Waals surface area contributed by atoms with E-state index < -0.39 is 0 Å². The van der Waals surface area contributed by atoms with Gasteiger partial charge in [-0.2, -0.15) is 0 Å². The smallest absolute Gasteiger partial charge is 0.339 e. The molecule has 0 bridgehead atoms. The summed E-state index contributed by atoms with van der Waals surface area (Å²) >= 11 is 3.65. The van der Waals surface area contributed by atoms with Crippen LogP contribution < -0.4 is 0 Å². The van der Waals surface area contributed by atoms with Crippen LogP contribution in [-0.4, -0.2) is 45.3 Å². The van der Waals surface area contributed by atoms with Crippen molar-refractivity contribution in [3.8, 4) is 11.1 Å². The fraction of sp³-hybridized carbons (Fsp3) is 0.292. The molecule has 9 heteroatoms. The minimum atomic E-state index is -0.312. The highest BCUT2D eigenvalue weighted by Gasteiger charge is 2.27. The largest absolute Gasteiger partial charge is 0.465 e. The quantitative estimate of drug-likeness (QED) is 0.121. The Balaban J connectivity index is 0.000000162. The predicted octanol–water partition coefficient (Wildman–Crippen LogP) is 11.1. The number of hydrogen-bond acceptors (Lipinski definition) is 6. The van der Waals surface area contributed by atoms with E-state index in [2.05, 4.69) is 122 Å². The molecule has 9 rings (SSSR count). The van der Waals surface area contributed by atoms with Gasteiger partial charge in [0.2, 0.25) is 0 Å². The number of esters is 2. The summed E-state index contributed by atoms with van der Waals surface area (Å²) in [5.74, 6) is 0.479. The molecule has 7 aromatic rings. The molecule has 3 aromatic carbocycles. The number of hydrogen-bond donors (Lipinski definition) is 0. The first-order chi connectivity index (χ1) is 27.8. The second-order valence-electron chi connectivity index (χ2n) is 15.1. The summed E-state index contributed by atoms with van der Waals surface area (Å²) in [4.78, 5) is 34.0. The predicted molar refractivity (Wildman–Crippen MR) is 229 cm³/mol. The lowest BCUT2D eigenvalue weighted by molar-refractivity contribution is 0.0590. The van der Waals surface area contributed by atoms with Gasteiger partial charge in [0.15, 0.2) is 0 Å². The molecule has 2 aliphatic rings. The number of pyridine rings is 2. The maximum absolute atomic E-state index is 12.4. The highest BCUT2D eigenvalue weighted by molar-refractivity contribution is 9.10. The number of aryl methyl sites for hydroxylation is 2. The molecule has 0 atom stereocenters. The standard InChI is InChI=1S/C27H26N2O2.C21H21BrN2O2/c1-3-29-17-24(20-7-5-4-6-8-20)22-13-18(9-12-26(22)29)14-25-23(27(30)31-2)15-21(16-28-25)19-10-11-19;1-3-24-12-18(22)16-8-13(4-7-20(16)24)9-19-17(21(25)26-2)10-15(11-23-19)14-5-6-14/h4-9,12-13,15-17,19H,3,10-11,14H2,1-2H3;4,7-8,10-12,14H,3,5-6,9H2,1-2H3. The van der Waals surface area contributed by atoms with Gasteiger partial charge in [-0.1, -0.05) is 42.5 Å². The molecule has 8 nitrogen and oxygen atoms in total. The molecule has 0 saturated heterocycles. The van der Waals surface area contributed by atoms with Crippen LogP contribution in [0.15, 0.2) is 108 Å². The van der Waals surface area contributed by atoms with Gasteiger partial charge in [-0.3, -0.25) is 9.97 Å². The summed E-state index contributed by atoms with van der Waals surface area (Å²) in [7, 11) is 2.86. The van der Waals surface area contributed by atoms with Gasteiger partial charge in [0, 0.05) is 82.6 Å². The lowest BCUT2D eigenvalue weighted by Gasteiger charge is -2.10. The van der Waals surface area contributed by atoms with Crippen LogP contribution in [0.5, 0.6) is 0 Å². The molecule has 0 N–H and O–H groups in total. The van der Waals surface area contributed by atoms with Crippen molar-refractivity contribution in [2.24, 2.45) is 0 Å². The Hall–Kier alpha value is -5.54. The third-order valence-electron chi connectivity index (χ3n) is 11.2. The number of nitrogens with zero attached hydrogens (tertiary/aromatic N) is 4. The van der Waals surface area contributed by atoms with E-state index in [0.29, 0.717) is 35.8 Å². The van der Waals surface area contributed by atoms with Crippen LogP contribution in [0.4, 0.5) is 0 Å². The molecule has 290 valence electrons. The third kappa shape index (κ3) is 8.17. The average Bonchev–Trinajstić information content (AvgIpc) is 4.20. The third-order valence-corrected chi connectivity index (χ3v) is 11.9. The zero-order valence-electron chi connectivity index (χ0n) is 32.9.